The summed E-state index contributed by atoms with van der Waals surface area (Å²) in [5.74, 6) is -7.05. The summed E-state index contributed by atoms with van der Waals surface area (Å²) in [6, 6.07) is 4.06. The Bertz CT molecular complexity index is 1500. The number of amides is 3. The van der Waals surface area contributed by atoms with Crippen molar-refractivity contribution in [2.75, 3.05) is 11.9 Å². The summed E-state index contributed by atoms with van der Waals surface area (Å²) in [6.45, 7) is -0.0682. The lowest BCUT2D eigenvalue weighted by Crippen LogP contribution is -2.56. The van der Waals surface area contributed by atoms with Gasteiger partial charge in [-0.1, -0.05) is 11.6 Å². The predicted molar refractivity (Wildman–Crippen MR) is 141 cm³/mol. The zero-order valence-corrected chi connectivity index (χ0v) is 23.1. The zero-order valence-electron chi connectivity index (χ0n) is 21.6. The van der Waals surface area contributed by atoms with Crippen LogP contribution in [0, 0.1) is 29.3 Å². The topological polar surface area (TPSA) is 142 Å². The molecule has 9 nitrogen and oxygen atoms in total. The monoisotopic (exact) mass is 613 g/mol. The molecule has 0 aromatic heterocycles. The second-order valence-electron chi connectivity index (χ2n) is 10.8. The molecule has 2 unspecified atom stereocenters. The molecule has 3 fully saturated rings. The minimum atomic E-state index is -4.09. The molecule has 4 N–H and O–H groups in total. The van der Waals surface area contributed by atoms with E-state index in [1.165, 1.54) is 12.1 Å². The van der Waals surface area contributed by atoms with Gasteiger partial charge in [0.1, 0.15) is 6.04 Å². The van der Waals surface area contributed by atoms with Gasteiger partial charge in [0.05, 0.1) is 20.8 Å². The van der Waals surface area contributed by atoms with E-state index in [0.29, 0.717) is 31.4 Å². The van der Waals surface area contributed by atoms with Crippen molar-refractivity contribution >= 4 is 44.8 Å². The van der Waals surface area contributed by atoms with Gasteiger partial charge in [-0.2, -0.15) is 0 Å². The summed E-state index contributed by atoms with van der Waals surface area (Å²) in [6.07, 6.45) is 1.95. The summed E-state index contributed by atoms with van der Waals surface area (Å²) in [7, 11) is -4.09. The van der Waals surface area contributed by atoms with Crippen molar-refractivity contribution in [3.8, 4) is 0 Å². The summed E-state index contributed by atoms with van der Waals surface area (Å²) >= 11 is 6.25. The maximum absolute atomic E-state index is 13.7. The van der Waals surface area contributed by atoms with E-state index in [-0.39, 0.29) is 52.9 Å². The Morgan fingerprint density at radius 2 is 1.68 bits per heavy atom. The Morgan fingerprint density at radius 1 is 1.05 bits per heavy atom. The van der Waals surface area contributed by atoms with Gasteiger partial charge in [-0.3, -0.25) is 14.4 Å². The van der Waals surface area contributed by atoms with E-state index in [0.717, 1.165) is 6.07 Å². The Labute approximate surface area is 238 Å². The van der Waals surface area contributed by atoms with E-state index >= 15 is 0 Å². The number of halogens is 4. The maximum atomic E-state index is 13.7. The summed E-state index contributed by atoms with van der Waals surface area (Å²) in [5, 5.41) is 17.9. The molecular formula is C27H27ClF3N3O6S. The quantitative estimate of drug-likeness (QED) is 0.354. The van der Waals surface area contributed by atoms with Crippen molar-refractivity contribution in [3.05, 3.63) is 58.4 Å². The van der Waals surface area contributed by atoms with E-state index in [4.69, 9.17) is 11.6 Å². The summed E-state index contributed by atoms with van der Waals surface area (Å²) in [5.41, 5.74) is -1.83. The minimum Gasteiger partial charge on any atom is -0.387 e. The standard InChI is InChI=1S/C27H27ClF3N3O6S/c28-18-4-1-13(25(36)33-16-10-19(29)24(31)20(30)11-16)7-22(18)41(39,40)17-8-14-2-3-15(9-17)27(14,38)12-32-26(37)21-5-6-23(35)34-21/h1,4,7,10-11,14-15,17,21,38H,2-3,5-6,8-9,12H2,(H,32,37)(H,33,36)(H,34,35)/t14?,15?,17?,21-,27?/m0/s1. The number of aliphatic hydroxyl groups is 1. The Hall–Kier alpha value is -3.16. The van der Waals surface area contributed by atoms with Crippen LogP contribution in [-0.2, 0) is 19.4 Å². The minimum absolute atomic E-state index is 0.0682. The Balaban J connectivity index is 1.30. The van der Waals surface area contributed by atoms with E-state index in [1.807, 2.05) is 0 Å². The largest absolute Gasteiger partial charge is 0.387 e. The highest BCUT2D eigenvalue weighted by molar-refractivity contribution is 7.92. The number of fused-ring (bicyclic) bond motifs is 2. The average molecular weight is 614 g/mol. The fraction of sp³-hybridized carbons (Fsp3) is 0.444. The number of anilines is 1. The molecule has 0 radical (unpaired) electrons. The molecule has 2 bridgehead atoms. The van der Waals surface area contributed by atoms with Crippen molar-refractivity contribution in [1.82, 2.24) is 10.6 Å². The Kier molecular flexibility index (Phi) is 7.81. The second kappa shape index (κ2) is 10.9. The van der Waals surface area contributed by atoms with Crippen LogP contribution in [0.3, 0.4) is 0 Å². The molecule has 3 aliphatic rings. The molecular weight excluding hydrogens is 587 g/mol. The number of hydrogen-bond donors (Lipinski definition) is 4. The van der Waals surface area contributed by atoms with Gasteiger partial charge in [0, 0.05) is 36.3 Å². The van der Waals surface area contributed by atoms with Gasteiger partial charge in [-0.15, -0.1) is 0 Å². The van der Waals surface area contributed by atoms with Crippen LogP contribution in [0.5, 0.6) is 0 Å². The van der Waals surface area contributed by atoms with E-state index in [1.54, 1.807) is 0 Å². The van der Waals surface area contributed by atoms with Crippen LogP contribution in [0.15, 0.2) is 35.2 Å². The third-order valence-electron chi connectivity index (χ3n) is 8.41. The van der Waals surface area contributed by atoms with Crippen LogP contribution in [0.25, 0.3) is 0 Å². The molecule has 2 aromatic carbocycles. The van der Waals surface area contributed by atoms with E-state index < -0.39 is 67.8 Å². The normalized spacial score (nSPS) is 27.4. The second-order valence-corrected chi connectivity index (χ2v) is 13.4. The van der Waals surface area contributed by atoms with Gasteiger partial charge < -0.3 is 21.1 Å². The highest BCUT2D eigenvalue weighted by atomic mass is 35.5. The first kappa shape index (κ1) is 29.3. The fourth-order valence-corrected chi connectivity index (χ4v) is 8.59. The van der Waals surface area contributed by atoms with Crippen molar-refractivity contribution in [2.24, 2.45) is 11.8 Å². The number of nitrogens with one attached hydrogen (secondary N) is 3. The fourth-order valence-electron chi connectivity index (χ4n) is 6.19. The van der Waals surface area contributed by atoms with Crippen LogP contribution < -0.4 is 16.0 Å². The van der Waals surface area contributed by atoms with E-state index in [2.05, 4.69) is 16.0 Å². The van der Waals surface area contributed by atoms with Crippen LogP contribution >= 0.6 is 11.6 Å². The lowest BCUT2D eigenvalue weighted by atomic mass is 9.74. The zero-order chi connectivity index (χ0) is 29.7. The SMILES string of the molecule is O=C1CC[C@@H](C(=O)NCC2(O)C3CCC2CC(S(=O)(=O)c2cc(C(=O)Nc4cc(F)c(F)c(F)c4)ccc2Cl)C3)N1. The van der Waals surface area contributed by atoms with Crippen LogP contribution in [-0.4, -0.2) is 54.7 Å². The summed E-state index contributed by atoms with van der Waals surface area (Å²) < 4.78 is 67.8. The lowest BCUT2D eigenvalue weighted by Gasteiger charge is -2.42. The van der Waals surface area contributed by atoms with Crippen molar-refractivity contribution in [2.45, 2.75) is 60.3 Å². The van der Waals surface area contributed by atoms with Gasteiger partial charge in [-0.25, -0.2) is 21.6 Å². The number of benzene rings is 2. The predicted octanol–water partition coefficient (Wildman–Crippen LogP) is 3.10. The van der Waals surface area contributed by atoms with Crippen molar-refractivity contribution in [3.63, 3.8) is 0 Å². The molecule has 2 aliphatic carbocycles. The highest BCUT2D eigenvalue weighted by Gasteiger charge is 2.56. The molecule has 220 valence electrons. The molecule has 0 spiro atoms. The van der Waals surface area contributed by atoms with Crippen LogP contribution in [0.4, 0.5) is 18.9 Å². The van der Waals surface area contributed by atoms with Gasteiger partial charge in [0.25, 0.3) is 5.91 Å². The first-order valence-corrected chi connectivity index (χ1v) is 15.0. The molecule has 5 rings (SSSR count). The van der Waals surface area contributed by atoms with Gasteiger partial charge in [0.15, 0.2) is 27.3 Å². The molecule has 3 amide bonds. The molecule has 2 aromatic rings. The molecule has 1 saturated heterocycles. The molecule has 41 heavy (non-hydrogen) atoms. The first-order chi connectivity index (χ1) is 19.3. The first-order valence-electron chi connectivity index (χ1n) is 13.1. The number of carbonyl (C=O) groups excluding carboxylic acids is 3. The van der Waals surface area contributed by atoms with Crippen molar-refractivity contribution in [1.29, 1.82) is 0 Å². The lowest BCUT2D eigenvalue weighted by molar-refractivity contribution is -0.128. The highest BCUT2D eigenvalue weighted by Crippen LogP contribution is 2.52. The van der Waals surface area contributed by atoms with Gasteiger partial charge in [0.2, 0.25) is 11.8 Å². The van der Waals surface area contributed by atoms with Crippen molar-refractivity contribution < 1.29 is 41.1 Å². The van der Waals surface area contributed by atoms with Crippen LogP contribution in [0.1, 0.15) is 48.9 Å². The molecule has 1 aliphatic heterocycles. The third-order valence-corrected chi connectivity index (χ3v) is 11.1. The third kappa shape index (κ3) is 5.54. The summed E-state index contributed by atoms with van der Waals surface area (Å²) in [4.78, 5) is 36.3. The average Bonchev–Trinajstić information content (AvgIpc) is 3.38. The maximum Gasteiger partial charge on any atom is 0.255 e. The Morgan fingerprint density at radius 3 is 2.27 bits per heavy atom. The van der Waals surface area contributed by atoms with E-state index in [9.17, 15) is 41.1 Å². The number of rotatable bonds is 7. The number of sulfone groups is 1. The van der Waals surface area contributed by atoms with Gasteiger partial charge >= 0.3 is 0 Å². The van der Waals surface area contributed by atoms with Gasteiger partial charge in [-0.05, 0) is 62.1 Å². The molecule has 2 saturated carbocycles. The molecule has 3 atom stereocenters. The number of hydrogen-bond acceptors (Lipinski definition) is 6. The molecule has 1 heterocycles. The smallest absolute Gasteiger partial charge is 0.255 e. The number of carbonyl (C=O) groups is 3. The molecule has 14 heteroatoms. The van der Waals surface area contributed by atoms with Crippen LogP contribution in [0.2, 0.25) is 5.02 Å².